The quantitative estimate of drug-likeness (QED) is 0.187. The van der Waals surface area contributed by atoms with Gasteiger partial charge in [-0.3, -0.25) is 0 Å². The van der Waals surface area contributed by atoms with Crippen LogP contribution in [0.4, 0.5) is 0 Å². The zero-order valence-corrected chi connectivity index (χ0v) is 22.0. The molecule has 216 valence electrons. The van der Waals surface area contributed by atoms with Crippen molar-refractivity contribution in [3.05, 3.63) is 56.8 Å². The lowest BCUT2D eigenvalue weighted by molar-refractivity contribution is -0.367. The number of rotatable bonds is 9. The summed E-state index contributed by atoms with van der Waals surface area (Å²) >= 11 is 0. The van der Waals surface area contributed by atoms with Crippen molar-refractivity contribution in [3.8, 4) is 0 Å². The third kappa shape index (κ3) is 6.01. The average molecular weight is 563 g/mol. The van der Waals surface area contributed by atoms with Crippen LogP contribution in [-0.4, -0.2) is 93.9 Å². The first kappa shape index (κ1) is 28.5. The van der Waals surface area contributed by atoms with E-state index in [1.807, 2.05) is 30.3 Å². The number of ether oxygens (including phenoxy) is 9. The number of esters is 1. The van der Waals surface area contributed by atoms with Gasteiger partial charge in [-0.05, 0) is 24.9 Å². The van der Waals surface area contributed by atoms with Gasteiger partial charge >= 0.3 is 5.97 Å². The molecule has 10 atom stereocenters. The van der Waals surface area contributed by atoms with Crippen molar-refractivity contribution in [1.29, 1.82) is 0 Å². The van der Waals surface area contributed by atoms with Crippen molar-refractivity contribution < 1.29 is 47.4 Å². The largest absolute Gasteiger partial charge is 0.467 e. The van der Waals surface area contributed by atoms with Gasteiger partial charge in [0.1, 0.15) is 43.2 Å². The summed E-state index contributed by atoms with van der Waals surface area (Å²) in [5, 5.41) is 7.51. The molecule has 1 aromatic carbocycles. The van der Waals surface area contributed by atoms with Gasteiger partial charge in [0.25, 0.3) is 0 Å². The standard InChI is InChI=1S/C24H30N6O10/c1-24(2)39-18-13(9-27-29-25)35-23(20(18)40-24)38-22-16(28-30-26)19(33-11-15(31)32-3)17-14(36-22)10-34-21(37-17)12-7-5-4-6-8-12/h4-8,13-14,16-23H,9-11H2,1-3H3/t13-,14?,16?,17-,18?,19-,20-,21?,22?,23?/m1/s1. The molecule has 1 aromatic rings. The average Bonchev–Trinajstić information content (AvgIpc) is 3.44. The monoisotopic (exact) mass is 562 g/mol. The molecule has 0 aromatic heterocycles. The second-order valence-corrected chi connectivity index (χ2v) is 9.92. The predicted molar refractivity (Wildman–Crippen MR) is 131 cm³/mol. The Morgan fingerprint density at radius 2 is 1.82 bits per heavy atom. The van der Waals surface area contributed by atoms with E-state index in [1.165, 1.54) is 7.11 Å². The molecular formula is C24H30N6O10. The molecule has 0 aliphatic carbocycles. The normalized spacial score (nSPS) is 37.9. The van der Waals surface area contributed by atoms with Crippen LogP contribution in [0.2, 0.25) is 0 Å². The van der Waals surface area contributed by atoms with Crippen molar-refractivity contribution in [2.45, 2.75) is 81.2 Å². The molecule has 4 aliphatic heterocycles. The molecule has 0 amide bonds. The van der Waals surface area contributed by atoms with E-state index >= 15 is 0 Å². The second-order valence-electron chi connectivity index (χ2n) is 9.92. The molecule has 0 saturated carbocycles. The van der Waals surface area contributed by atoms with Crippen molar-refractivity contribution in [2.24, 2.45) is 10.2 Å². The summed E-state index contributed by atoms with van der Waals surface area (Å²) in [6.07, 6.45) is -7.42. The lowest BCUT2D eigenvalue weighted by Gasteiger charge is -2.48. The number of hydrogen-bond acceptors (Lipinski definition) is 12. The van der Waals surface area contributed by atoms with E-state index in [4.69, 9.17) is 48.2 Å². The first-order chi connectivity index (χ1) is 19.3. The summed E-state index contributed by atoms with van der Waals surface area (Å²) in [6.45, 7) is 3.14. The minimum atomic E-state index is -1.21. The van der Waals surface area contributed by atoms with E-state index in [-0.39, 0.29) is 13.2 Å². The maximum absolute atomic E-state index is 12.0. The van der Waals surface area contributed by atoms with Crippen LogP contribution in [0.1, 0.15) is 25.7 Å². The lowest BCUT2D eigenvalue weighted by Crippen LogP contribution is -2.63. The number of benzene rings is 1. The summed E-state index contributed by atoms with van der Waals surface area (Å²) in [4.78, 5) is 17.7. The van der Waals surface area contributed by atoms with Crippen LogP contribution in [0.25, 0.3) is 20.9 Å². The fraction of sp³-hybridized carbons (Fsp3) is 0.708. The molecule has 0 radical (unpaired) electrons. The molecule has 0 N–H and O–H groups in total. The van der Waals surface area contributed by atoms with Gasteiger partial charge in [0.2, 0.25) is 0 Å². The fourth-order valence-corrected chi connectivity index (χ4v) is 5.20. The Morgan fingerprint density at radius 1 is 1.05 bits per heavy atom. The maximum Gasteiger partial charge on any atom is 0.331 e. The number of nitrogens with zero attached hydrogens (tertiary/aromatic N) is 6. The van der Waals surface area contributed by atoms with Crippen LogP contribution in [0.5, 0.6) is 0 Å². The van der Waals surface area contributed by atoms with Gasteiger partial charge < -0.3 is 42.6 Å². The van der Waals surface area contributed by atoms with E-state index in [0.29, 0.717) is 0 Å². The van der Waals surface area contributed by atoms with Crippen LogP contribution in [0, 0.1) is 0 Å². The Balaban J connectivity index is 1.39. The number of azide groups is 2. The highest BCUT2D eigenvalue weighted by atomic mass is 16.8. The molecule has 4 fully saturated rings. The number of fused-ring (bicyclic) bond motifs is 2. The summed E-state index contributed by atoms with van der Waals surface area (Å²) in [5.74, 6) is -1.57. The van der Waals surface area contributed by atoms with Gasteiger partial charge in [-0.25, -0.2) is 4.79 Å². The molecule has 16 nitrogen and oxygen atoms in total. The lowest BCUT2D eigenvalue weighted by atomic mass is 9.96. The zero-order valence-electron chi connectivity index (χ0n) is 22.0. The van der Waals surface area contributed by atoms with Gasteiger partial charge in [0.05, 0.1) is 26.4 Å². The SMILES string of the molecule is COC(=O)CO[C@@H]1C(N=[N+]=[N-])C(OC2O[C@H](CN=[N+]=[N-])C3OC(C)(C)O[C@@H]23)OC2COC(c3ccccc3)O[C@H]21. The molecule has 4 aliphatic rings. The van der Waals surface area contributed by atoms with E-state index < -0.39 is 79.9 Å². The van der Waals surface area contributed by atoms with Crippen molar-refractivity contribution >= 4 is 5.97 Å². The van der Waals surface area contributed by atoms with Gasteiger partial charge in [-0.15, -0.1) is 0 Å². The van der Waals surface area contributed by atoms with Crippen molar-refractivity contribution in [3.63, 3.8) is 0 Å². The van der Waals surface area contributed by atoms with Crippen molar-refractivity contribution in [1.82, 2.24) is 0 Å². The van der Waals surface area contributed by atoms with Crippen molar-refractivity contribution in [2.75, 3.05) is 26.9 Å². The summed E-state index contributed by atoms with van der Waals surface area (Å²) in [6, 6.07) is 8.16. The van der Waals surface area contributed by atoms with E-state index in [1.54, 1.807) is 13.8 Å². The Hall–Kier alpha value is -3.01. The smallest absolute Gasteiger partial charge is 0.331 e. The summed E-state index contributed by atoms with van der Waals surface area (Å²) in [7, 11) is 1.23. The number of methoxy groups -OCH3 is 1. The number of carbonyl (C=O) groups excluding carboxylic acids is 1. The Morgan fingerprint density at radius 3 is 2.55 bits per heavy atom. The van der Waals surface area contributed by atoms with Gasteiger partial charge in [-0.2, -0.15) is 0 Å². The first-order valence-electron chi connectivity index (χ1n) is 12.7. The van der Waals surface area contributed by atoms with E-state index in [9.17, 15) is 10.3 Å². The molecule has 40 heavy (non-hydrogen) atoms. The first-order valence-corrected chi connectivity index (χ1v) is 12.7. The molecule has 16 heteroatoms. The number of hydrogen-bond donors (Lipinski definition) is 0. The summed E-state index contributed by atoms with van der Waals surface area (Å²) < 4.78 is 53.1. The molecule has 5 rings (SSSR count). The molecule has 4 saturated heterocycles. The topological polar surface area (TPSA) is 198 Å². The van der Waals surface area contributed by atoms with Crippen LogP contribution in [0.3, 0.4) is 0 Å². The molecular weight excluding hydrogens is 532 g/mol. The minimum absolute atomic E-state index is 0.0135. The van der Waals surface area contributed by atoms with Crippen LogP contribution < -0.4 is 0 Å². The molecule has 6 unspecified atom stereocenters. The van der Waals surface area contributed by atoms with E-state index in [2.05, 4.69) is 20.1 Å². The highest BCUT2D eigenvalue weighted by Gasteiger charge is 2.58. The predicted octanol–water partition coefficient (Wildman–Crippen LogP) is 2.63. The maximum atomic E-state index is 12.0. The van der Waals surface area contributed by atoms with Gasteiger partial charge in [-0.1, -0.05) is 40.6 Å². The Labute approximate surface area is 228 Å². The van der Waals surface area contributed by atoms with Crippen LogP contribution in [-0.2, 0) is 47.4 Å². The van der Waals surface area contributed by atoms with E-state index in [0.717, 1.165) is 5.56 Å². The Kier molecular flexibility index (Phi) is 8.73. The second kappa shape index (κ2) is 12.2. The Bertz CT molecular complexity index is 1150. The highest BCUT2D eigenvalue weighted by Crippen LogP contribution is 2.42. The molecule has 0 spiro atoms. The fourth-order valence-electron chi connectivity index (χ4n) is 5.20. The van der Waals surface area contributed by atoms with Crippen LogP contribution >= 0.6 is 0 Å². The summed E-state index contributed by atoms with van der Waals surface area (Å²) in [5.41, 5.74) is 19.0. The third-order valence-corrected chi connectivity index (χ3v) is 6.89. The number of carbonyl (C=O) groups is 1. The molecule has 4 heterocycles. The van der Waals surface area contributed by atoms with Gasteiger partial charge in [0, 0.05) is 15.4 Å². The third-order valence-electron chi connectivity index (χ3n) is 6.89. The van der Waals surface area contributed by atoms with Gasteiger partial charge in [0.15, 0.2) is 24.7 Å². The zero-order chi connectivity index (χ0) is 28.3. The molecule has 0 bridgehead atoms. The van der Waals surface area contributed by atoms with Crippen LogP contribution in [0.15, 0.2) is 40.6 Å². The highest BCUT2D eigenvalue weighted by molar-refractivity contribution is 5.70. The minimum Gasteiger partial charge on any atom is -0.467 e.